The zero-order valence-corrected chi connectivity index (χ0v) is 22.0. The number of nitrogens with zero attached hydrogens (tertiary/aromatic N) is 6. The van der Waals surface area contributed by atoms with Crippen molar-refractivity contribution in [2.24, 2.45) is 7.05 Å². The zero-order chi connectivity index (χ0) is 26.8. The summed E-state index contributed by atoms with van der Waals surface area (Å²) in [5.74, 6) is 6.83. The van der Waals surface area contributed by atoms with Crippen molar-refractivity contribution in [1.29, 1.82) is 0 Å². The van der Waals surface area contributed by atoms with Gasteiger partial charge in [-0.05, 0) is 49.2 Å². The first-order valence-corrected chi connectivity index (χ1v) is 12.6. The van der Waals surface area contributed by atoms with Crippen LogP contribution in [0.3, 0.4) is 0 Å². The molecule has 0 radical (unpaired) electrons. The molecule has 3 aromatic heterocycles. The predicted molar refractivity (Wildman–Crippen MR) is 155 cm³/mol. The van der Waals surface area contributed by atoms with Crippen molar-refractivity contribution in [3.8, 4) is 34.5 Å². The fraction of sp³-hybridized carbons (Fsp3) is 0.125. The van der Waals surface area contributed by atoms with Crippen molar-refractivity contribution in [1.82, 2.24) is 29.5 Å². The topological polar surface area (TPSA) is 70.7 Å². The van der Waals surface area contributed by atoms with Crippen molar-refractivity contribution in [3.63, 3.8) is 0 Å². The lowest BCUT2D eigenvalue weighted by Crippen LogP contribution is -1.94. The van der Waals surface area contributed by atoms with E-state index in [0.29, 0.717) is 0 Å². The Morgan fingerprint density at radius 2 is 1.85 bits per heavy atom. The number of benzene rings is 3. The Morgan fingerprint density at radius 1 is 1.03 bits per heavy atom. The van der Waals surface area contributed by atoms with E-state index in [1.54, 1.807) is 18.1 Å². The highest BCUT2D eigenvalue weighted by Gasteiger charge is 2.16. The van der Waals surface area contributed by atoms with Gasteiger partial charge in [-0.3, -0.25) is 9.67 Å². The van der Waals surface area contributed by atoms with Crippen LogP contribution in [0.25, 0.3) is 44.8 Å². The maximum atomic E-state index is 5.74. The molecular weight excluding hydrogens is 484 g/mol. The Morgan fingerprint density at radius 3 is 2.56 bits per heavy atom. The van der Waals surface area contributed by atoms with Gasteiger partial charge in [0.05, 0.1) is 30.0 Å². The molecule has 190 valence electrons. The summed E-state index contributed by atoms with van der Waals surface area (Å²) in [6, 6.07) is 20.7. The van der Waals surface area contributed by atoms with Crippen LogP contribution in [-0.2, 0) is 13.5 Å². The van der Waals surface area contributed by atoms with Gasteiger partial charge in [0.25, 0.3) is 0 Å². The number of fused-ring (bicyclic) bond motifs is 3. The van der Waals surface area contributed by atoms with E-state index in [-0.39, 0.29) is 0 Å². The van der Waals surface area contributed by atoms with Crippen LogP contribution in [-0.4, -0.2) is 36.6 Å². The number of methoxy groups -OCH3 is 1. The Labute approximate surface area is 226 Å². The molecule has 3 aromatic carbocycles. The van der Waals surface area contributed by atoms with E-state index in [4.69, 9.17) is 14.8 Å². The Hall–Kier alpha value is -5.22. The van der Waals surface area contributed by atoms with Gasteiger partial charge in [0.2, 0.25) is 0 Å². The molecule has 0 aliphatic heterocycles. The number of aromatic nitrogens is 6. The first-order chi connectivity index (χ1) is 19.1. The van der Waals surface area contributed by atoms with Crippen molar-refractivity contribution in [3.05, 3.63) is 102 Å². The van der Waals surface area contributed by atoms with Crippen LogP contribution in [0.5, 0.6) is 5.75 Å². The normalized spacial score (nSPS) is 11.3. The molecular formula is C32H26N6O. The molecule has 0 saturated carbocycles. The molecule has 0 amide bonds. The fourth-order valence-corrected chi connectivity index (χ4v) is 4.79. The molecule has 0 saturated heterocycles. The molecule has 0 unspecified atom stereocenters. The molecule has 6 rings (SSSR count). The van der Waals surface area contributed by atoms with Crippen molar-refractivity contribution in [2.75, 3.05) is 7.11 Å². The van der Waals surface area contributed by atoms with E-state index in [1.165, 1.54) is 11.9 Å². The number of pyridine rings is 1. The fourth-order valence-electron chi connectivity index (χ4n) is 4.79. The molecule has 0 atom stereocenters. The lowest BCUT2D eigenvalue weighted by Gasteiger charge is -2.09. The van der Waals surface area contributed by atoms with Crippen molar-refractivity contribution in [2.45, 2.75) is 13.3 Å². The monoisotopic (exact) mass is 510 g/mol. The summed E-state index contributed by atoms with van der Waals surface area (Å²) in [6.07, 6.45) is 10.1. The van der Waals surface area contributed by atoms with Crippen LogP contribution in [0.2, 0.25) is 0 Å². The van der Waals surface area contributed by atoms with E-state index in [9.17, 15) is 0 Å². The molecule has 6 aromatic rings. The SMILES string of the molecule is CC#Cc1ccc(-c2nn(C)c3cnc4cc(OC)c(/C=C\Cc5ccc(-n6cncn6)cc5)cc4c23)cc1. The molecule has 7 heteroatoms. The maximum Gasteiger partial charge on any atom is 0.138 e. The first kappa shape index (κ1) is 24.1. The molecule has 0 bridgehead atoms. The highest BCUT2D eigenvalue weighted by Crippen LogP contribution is 2.36. The minimum atomic E-state index is 0.778. The minimum absolute atomic E-state index is 0.778. The van der Waals surface area contributed by atoms with Crippen LogP contribution in [0.1, 0.15) is 23.6 Å². The standard InChI is InChI=1S/C32H26N6O/c1-4-6-22-9-13-24(14-10-22)32-31-27-17-25(30(39-3)18-28(27)34-19-29(31)37(2)36-32)8-5-7-23-11-15-26(16-12-23)38-21-33-20-35-38/h5,8-21H,7H2,1-3H3/b8-5-. The van der Waals surface area contributed by atoms with Gasteiger partial charge in [0.15, 0.2) is 0 Å². The van der Waals surface area contributed by atoms with Crippen LogP contribution in [0, 0.1) is 11.8 Å². The third kappa shape index (κ3) is 4.64. The number of hydrogen-bond acceptors (Lipinski definition) is 5. The van der Waals surface area contributed by atoms with Gasteiger partial charge in [-0.2, -0.15) is 10.2 Å². The number of ether oxygens (including phenoxy) is 1. The zero-order valence-electron chi connectivity index (χ0n) is 22.0. The Bertz CT molecular complexity index is 1870. The smallest absolute Gasteiger partial charge is 0.138 e. The maximum absolute atomic E-state index is 5.74. The van der Waals surface area contributed by atoms with Crippen LogP contribution in [0.15, 0.2) is 85.6 Å². The average Bonchev–Trinajstić information content (AvgIpc) is 3.62. The predicted octanol–water partition coefficient (Wildman–Crippen LogP) is 6.01. The lowest BCUT2D eigenvalue weighted by molar-refractivity contribution is 0.414. The molecule has 0 N–H and O–H groups in total. The quantitative estimate of drug-likeness (QED) is 0.257. The molecule has 39 heavy (non-hydrogen) atoms. The van der Waals surface area contributed by atoms with Gasteiger partial charge in [-0.15, -0.1) is 5.92 Å². The highest BCUT2D eigenvalue weighted by atomic mass is 16.5. The van der Waals surface area contributed by atoms with Gasteiger partial charge in [0.1, 0.15) is 24.1 Å². The van der Waals surface area contributed by atoms with Crippen LogP contribution >= 0.6 is 0 Å². The van der Waals surface area contributed by atoms with E-state index in [0.717, 1.165) is 62.0 Å². The van der Waals surface area contributed by atoms with Crippen molar-refractivity contribution < 1.29 is 4.74 Å². The van der Waals surface area contributed by atoms with Crippen LogP contribution in [0.4, 0.5) is 0 Å². The summed E-state index contributed by atoms with van der Waals surface area (Å²) in [5.41, 5.74) is 7.95. The summed E-state index contributed by atoms with van der Waals surface area (Å²) >= 11 is 0. The van der Waals surface area contributed by atoms with E-state index >= 15 is 0 Å². The molecule has 7 nitrogen and oxygen atoms in total. The van der Waals surface area contributed by atoms with Gasteiger partial charge in [-0.25, -0.2) is 9.67 Å². The summed E-state index contributed by atoms with van der Waals surface area (Å²) in [6.45, 7) is 1.84. The van der Waals surface area contributed by atoms with Gasteiger partial charge >= 0.3 is 0 Å². The van der Waals surface area contributed by atoms with E-state index in [2.05, 4.69) is 64.4 Å². The van der Waals surface area contributed by atoms with Crippen molar-refractivity contribution >= 4 is 27.9 Å². The van der Waals surface area contributed by atoms with Gasteiger partial charge in [0, 0.05) is 40.6 Å². The molecule has 3 heterocycles. The molecule has 0 spiro atoms. The van der Waals surface area contributed by atoms with E-state index < -0.39 is 0 Å². The van der Waals surface area contributed by atoms with Crippen LogP contribution < -0.4 is 4.74 Å². The molecule has 0 fully saturated rings. The second-order valence-electron chi connectivity index (χ2n) is 9.17. The summed E-state index contributed by atoms with van der Waals surface area (Å²) in [5, 5.41) is 11.2. The summed E-state index contributed by atoms with van der Waals surface area (Å²) in [4.78, 5) is 8.74. The second kappa shape index (κ2) is 10.3. The summed E-state index contributed by atoms with van der Waals surface area (Å²) < 4.78 is 9.37. The lowest BCUT2D eigenvalue weighted by atomic mass is 10.0. The molecule has 0 aliphatic carbocycles. The molecule has 0 aliphatic rings. The Kier molecular flexibility index (Phi) is 6.36. The largest absolute Gasteiger partial charge is 0.496 e. The van der Waals surface area contributed by atoms with Gasteiger partial charge < -0.3 is 4.74 Å². The average molecular weight is 511 g/mol. The highest BCUT2D eigenvalue weighted by molar-refractivity contribution is 6.12. The van der Waals surface area contributed by atoms with Gasteiger partial charge in [-0.1, -0.05) is 42.3 Å². The van der Waals surface area contributed by atoms with E-state index in [1.807, 2.05) is 55.2 Å². The summed E-state index contributed by atoms with van der Waals surface area (Å²) in [7, 11) is 3.64. The number of aryl methyl sites for hydroxylation is 1. The minimum Gasteiger partial charge on any atom is -0.496 e. The number of hydrogen-bond donors (Lipinski definition) is 0. The number of rotatable bonds is 6. The third-order valence-corrected chi connectivity index (χ3v) is 6.73. The first-order valence-electron chi connectivity index (χ1n) is 12.6. The second-order valence-corrected chi connectivity index (χ2v) is 9.17. The Balaban J connectivity index is 1.37. The number of allylic oxidation sites excluding steroid dienone is 1. The third-order valence-electron chi connectivity index (χ3n) is 6.73.